The molecular weight excluding hydrogens is 410 g/mol. The van der Waals surface area contributed by atoms with Crippen molar-refractivity contribution in [3.05, 3.63) is 65.2 Å². The van der Waals surface area contributed by atoms with Crippen LogP contribution in [0, 0.1) is 6.92 Å². The highest BCUT2D eigenvalue weighted by Crippen LogP contribution is 2.36. The van der Waals surface area contributed by atoms with Gasteiger partial charge >= 0.3 is 0 Å². The van der Waals surface area contributed by atoms with E-state index >= 15 is 0 Å². The summed E-state index contributed by atoms with van der Waals surface area (Å²) in [5.41, 5.74) is 3.04. The van der Waals surface area contributed by atoms with Gasteiger partial charge in [0.1, 0.15) is 24.2 Å². The lowest BCUT2D eigenvalue weighted by atomic mass is 9.70. The summed E-state index contributed by atoms with van der Waals surface area (Å²) >= 11 is 0. The van der Waals surface area contributed by atoms with Crippen LogP contribution < -0.4 is 4.74 Å². The largest absolute Gasteiger partial charge is 0.491 e. The molecule has 0 bridgehead atoms. The highest BCUT2D eigenvalue weighted by atomic mass is 35.5. The monoisotopic (exact) mass is 445 g/mol. The van der Waals surface area contributed by atoms with Crippen LogP contribution in [0.2, 0.25) is 0 Å². The van der Waals surface area contributed by atoms with Crippen molar-refractivity contribution in [3.8, 4) is 5.75 Å². The van der Waals surface area contributed by atoms with E-state index in [9.17, 15) is 9.90 Å². The molecule has 1 aliphatic heterocycles. The Labute approximate surface area is 193 Å². The fourth-order valence-electron chi connectivity index (χ4n) is 4.50. The van der Waals surface area contributed by atoms with Gasteiger partial charge in [-0.05, 0) is 68.5 Å². The van der Waals surface area contributed by atoms with Gasteiger partial charge in [0.25, 0.3) is 0 Å². The number of benzene rings is 2. The molecule has 2 aromatic carbocycles. The number of aliphatic hydroxyl groups is 1. The maximum Gasteiger partial charge on any atom is 0.140 e. The van der Waals surface area contributed by atoms with E-state index in [0.717, 1.165) is 42.8 Å². The number of Topliss-reactive ketones (excluding diaryl/α,β-unsaturated/α-hetero) is 1. The Hall–Kier alpha value is -1.88. The highest BCUT2D eigenvalue weighted by molar-refractivity contribution is 5.88. The predicted octanol–water partition coefficient (Wildman–Crippen LogP) is 4.90. The van der Waals surface area contributed by atoms with Crippen LogP contribution in [0.3, 0.4) is 0 Å². The second kappa shape index (κ2) is 11.1. The van der Waals surface area contributed by atoms with Gasteiger partial charge in [-0.1, -0.05) is 56.3 Å². The summed E-state index contributed by atoms with van der Waals surface area (Å²) in [7, 11) is 0. The molecule has 5 heteroatoms. The molecule has 1 fully saturated rings. The summed E-state index contributed by atoms with van der Waals surface area (Å²) in [4.78, 5) is 14.8. The van der Waals surface area contributed by atoms with Crippen molar-refractivity contribution in [2.45, 2.75) is 58.0 Å². The molecule has 1 unspecified atom stereocenters. The van der Waals surface area contributed by atoms with Gasteiger partial charge in [-0.15, -0.1) is 12.4 Å². The number of likely N-dealkylation sites (tertiary alicyclic amines) is 1. The standard InChI is InChI=1S/C26H35NO3.ClH/c1-19(2)24-11-10-20(3)16-25(24)30-18-23(29)17-27-14-12-26(13-15-27,21(4)28)22-8-6-5-7-9-22;/h5-11,16,19,23,29H,12-15,17-18H2,1-4H3;1H. The number of piperidine rings is 1. The summed E-state index contributed by atoms with van der Waals surface area (Å²) < 4.78 is 6.00. The number of ether oxygens (including phenoxy) is 1. The molecule has 4 nitrogen and oxygen atoms in total. The van der Waals surface area contributed by atoms with Gasteiger partial charge in [0, 0.05) is 6.54 Å². The number of rotatable bonds is 8. The number of ketones is 1. The third-order valence-corrected chi connectivity index (χ3v) is 6.40. The third-order valence-electron chi connectivity index (χ3n) is 6.40. The highest BCUT2D eigenvalue weighted by Gasteiger charge is 2.40. The second-order valence-corrected chi connectivity index (χ2v) is 8.97. The summed E-state index contributed by atoms with van der Waals surface area (Å²) in [6, 6.07) is 16.4. The van der Waals surface area contributed by atoms with Crippen molar-refractivity contribution in [1.29, 1.82) is 0 Å². The van der Waals surface area contributed by atoms with Crippen molar-refractivity contribution in [3.63, 3.8) is 0 Å². The Morgan fingerprint density at radius 3 is 2.35 bits per heavy atom. The molecule has 0 amide bonds. The first-order chi connectivity index (χ1) is 14.3. The topological polar surface area (TPSA) is 49.8 Å². The molecule has 0 radical (unpaired) electrons. The molecular formula is C26H36ClNO3. The SMILES string of the molecule is CC(=O)C1(c2ccccc2)CCN(CC(O)COc2cc(C)ccc2C(C)C)CC1.Cl. The van der Waals surface area contributed by atoms with Crippen molar-refractivity contribution in [2.24, 2.45) is 0 Å². The number of nitrogens with zero attached hydrogens (tertiary/aromatic N) is 1. The van der Waals surface area contributed by atoms with Crippen molar-refractivity contribution < 1.29 is 14.6 Å². The lowest BCUT2D eigenvalue weighted by Gasteiger charge is -2.41. The lowest BCUT2D eigenvalue weighted by molar-refractivity contribution is -0.124. The van der Waals surface area contributed by atoms with E-state index in [-0.39, 0.29) is 24.8 Å². The van der Waals surface area contributed by atoms with E-state index in [1.165, 1.54) is 5.56 Å². The zero-order chi connectivity index (χ0) is 21.7. The zero-order valence-electron chi connectivity index (χ0n) is 19.1. The number of halogens is 1. The van der Waals surface area contributed by atoms with Gasteiger partial charge in [0.05, 0.1) is 5.41 Å². The summed E-state index contributed by atoms with van der Waals surface area (Å²) in [5.74, 6) is 1.47. The molecule has 0 aromatic heterocycles. The molecule has 2 aromatic rings. The Kier molecular flexibility index (Phi) is 9.11. The molecule has 3 rings (SSSR count). The van der Waals surface area contributed by atoms with Crippen LogP contribution >= 0.6 is 12.4 Å². The average Bonchev–Trinajstić information content (AvgIpc) is 2.73. The minimum absolute atomic E-state index is 0. The number of aliphatic hydroxyl groups excluding tert-OH is 1. The summed E-state index contributed by atoms with van der Waals surface area (Å²) in [6.45, 7) is 10.5. The molecule has 0 saturated carbocycles. The number of hydrogen-bond acceptors (Lipinski definition) is 4. The molecule has 0 spiro atoms. The maximum atomic E-state index is 12.5. The smallest absolute Gasteiger partial charge is 0.140 e. The Morgan fingerprint density at radius 1 is 1.13 bits per heavy atom. The van der Waals surface area contributed by atoms with Gasteiger partial charge in [0.2, 0.25) is 0 Å². The first-order valence-electron chi connectivity index (χ1n) is 11.0. The molecule has 31 heavy (non-hydrogen) atoms. The van der Waals surface area contributed by atoms with E-state index in [0.29, 0.717) is 12.5 Å². The number of carbonyl (C=O) groups excluding carboxylic acids is 1. The van der Waals surface area contributed by atoms with Gasteiger partial charge < -0.3 is 14.7 Å². The van der Waals surface area contributed by atoms with Crippen LogP contribution in [0.25, 0.3) is 0 Å². The molecule has 1 N–H and O–H groups in total. The van der Waals surface area contributed by atoms with Crippen LogP contribution in [0.4, 0.5) is 0 Å². The van der Waals surface area contributed by atoms with Gasteiger partial charge in [-0.25, -0.2) is 0 Å². The van der Waals surface area contributed by atoms with Crippen LogP contribution in [-0.2, 0) is 10.2 Å². The molecule has 1 heterocycles. The van der Waals surface area contributed by atoms with Gasteiger partial charge in [-0.2, -0.15) is 0 Å². The summed E-state index contributed by atoms with van der Waals surface area (Å²) in [6.07, 6.45) is 1.01. The summed E-state index contributed by atoms with van der Waals surface area (Å²) in [5, 5.41) is 10.6. The van der Waals surface area contributed by atoms with Gasteiger partial charge in [-0.3, -0.25) is 4.79 Å². The van der Waals surface area contributed by atoms with E-state index in [2.05, 4.69) is 49.9 Å². The van der Waals surface area contributed by atoms with Crippen LogP contribution in [-0.4, -0.2) is 48.1 Å². The minimum atomic E-state index is -0.563. The second-order valence-electron chi connectivity index (χ2n) is 8.97. The molecule has 0 aliphatic carbocycles. The lowest BCUT2D eigenvalue weighted by Crippen LogP contribution is -2.48. The first kappa shape index (κ1) is 25.4. The Balaban J connectivity index is 0.00000341. The fraction of sp³-hybridized carbons (Fsp3) is 0.500. The van der Waals surface area contributed by atoms with Crippen LogP contribution in [0.1, 0.15) is 56.2 Å². The minimum Gasteiger partial charge on any atom is -0.491 e. The maximum absolute atomic E-state index is 12.5. The number of aryl methyl sites for hydroxylation is 1. The van der Waals surface area contributed by atoms with Gasteiger partial charge in [0.15, 0.2) is 0 Å². The first-order valence-corrected chi connectivity index (χ1v) is 11.0. The number of β-amino-alcohol motifs (C(OH)–C–C–N with tert-alkyl or cyclic N) is 1. The van der Waals surface area contributed by atoms with E-state index < -0.39 is 11.5 Å². The average molecular weight is 446 g/mol. The normalized spacial score (nSPS) is 17.1. The number of carbonyl (C=O) groups is 1. The van der Waals surface area contributed by atoms with Crippen LogP contribution in [0.15, 0.2) is 48.5 Å². The van der Waals surface area contributed by atoms with Crippen molar-refractivity contribution in [2.75, 3.05) is 26.2 Å². The molecule has 1 saturated heterocycles. The quantitative estimate of drug-likeness (QED) is 0.627. The molecule has 1 aliphatic rings. The third kappa shape index (κ3) is 6.09. The van der Waals surface area contributed by atoms with E-state index in [4.69, 9.17) is 4.74 Å². The fourth-order valence-corrected chi connectivity index (χ4v) is 4.50. The van der Waals surface area contributed by atoms with E-state index in [1.807, 2.05) is 24.3 Å². The Morgan fingerprint density at radius 2 is 1.77 bits per heavy atom. The van der Waals surface area contributed by atoms with Crippen molar-refractivity contribution in [1.82, 2.24) is 4.90 Å². The predicted molar refractivity (Wildman–Crippen MR) is 128 cm³/mol. The van der Waals surface area contributed by atoms with E-state index in [1.54, 1.807) is 6.92 Å². The van der Waals surface area contributed by atoms with Crippen LogP contribution in [0.5, 0.6) is 5.75 Å². The zero-order valence-corrected chi connectivity index (χ0v) is 20.0. The molecule has 170 valence electrons. The van der Waals surface area contributed by atoms with Crippen molar-refractivity contribution >= 4 is 18.2 Å². The Bertz CT molecular complexity index is 845. The number of hydrogen-bond donors (Lipinski definition) is 1. The molecule has 1 atom stereocenters.